The molecular weight excluding hydrogens is 165 g/mol. The van der Waals surface area contributed by atoms with Crippen LogP contribution in [0.4, 0.5) is 0 Å². The number of aromatic nitrogens is 1. The van der Waals surface area contributed by atoms with Crippen LogP contribution in [-0.4, -0.2) is 4.98 Å². The average Bonchev–Trinajstić information content (AvgIpc) is 2.57. The number of hydrogen-bond donors (Lipinski definition) is 0. The molecule has 0 saturated carbocycles. The van der Waals surface area contributed by atoms with Crippen molar-refractivity contribution in [3.05, 3.63) is 48.2 Å². The maximum atomic E-state index is 4.22. The molecule has 0 bridgehead atoms. The molecule has 0 spiro atoms. The van der Waals surface area contributed by atoms with Crippen molar-refractivity contribution >= 4 is 14.7 Å². The quantitative estimate of drug-likeness (QED) is 0.593. The first kappa shape index (κ1) is 7.70. The normalized spacial score (nSPS) is 15.8. The van der Waals surface area contributed by atoms with Crippen LogP contribution < -0.4 is 5.44 Å². The van der Waals surface area contributed by atoms with E-state index in [-0.39, 0.29) is 0 Å². The molecule has 1 aliphatic rings. The van der Waals surface area contributed by atoms with Crippen LogP contribution in [0.15, 0.2) is 42.6 Å². The first-order chi connectivity index (χ1) is 5.88. The van der Waals surface area contributed by atoms with Crippen molar-refractivity contribution in [1.29, 1.82) is 0 Å². The third-order valence-corrected chi connectivity index (χ3v) is 2.46. The summed E-state index contributed by atoms with van der Waals surface area (Å²) in [6, 6.07) is 4.09. The summed E-state index contributed by atoms with van der Waals surface area (Å²) in [7, 11) is 2.66. The zero-order valence-corrected chi connectivity index (χ0v) is 7.80. The second kappa shape index (κ2) is 3.20. The predicted octanol–water partition coefficient (Wildman–Crippen LogP) is 1.79. The number of hydrogen-bond acceptors (Lipinski definition) is 1. The van der Waals surface area contributed by atoms with E-state index in [1.807, 2.05) is 12.3 Å². The summed E-state index contributed by atoms with van der Waals surface area (Å²) < 4.78 is 0. The van der Waals surface area contributed by atoms with Gasteiger partial charge in [0.15, 0.2) is 0 Å². The molecule has 1 unspecified atom stereocenters. The maximum Gasteiger partial charge on any atom is 0.0609 e. The molecule has 1 atom stereocenters. The summed E-state index contributed by atoms with van der Waals surface area (Å²) in [5, 5.41) is 0. The van der Waals surface area contributed by atoms with Crippen molar-refractivity contribution in [1.82, 2.24) is 4.98 Å². The fraction of sp³-hybridized carbons (Fsp3) is 0.100. The molecule has 1 heterocycles. The van der Waals surface area contributed by atoms with Crippen molar-refractivity contribution < 1.29 is 0 Å². The lowest BCUT2D eigenvalue weighted by atomic mass is 10.0. The van der Waals surface area contributed by atoms with Crippen LogP contribution in [-0.2, 0) is 0 Å². The highest BCUT2D eigenvalue weighted by atomic mass is 31.0. The van der Waals surface area contributed by atoms with Crippen LogP contribution in [0.1, 0.15) is 11.5 Å². The van der Waals surface area contributed by atoms with Gasteiger partial charge in [-0.15, -0.1) is 0 Å². The topological polar surface area (TPSA) is 12.9 Å². The SMILES string of the molecule is Pc1ncccc1C1C=CC=C1. The number of rotatable bonds is 1. The van der Waals surface area contributed by atoms with Crippen molar-refractivity contribution in [2.75, 3.05) is 0 Å². The molecule has 12 heavy (non-hydrogen) atoms. The van der Waals surface area contributed by atoms with E-state index in [1.54, 1.807) is 0 Å². The van der Waals surface area contributed by atoms with E-state index in [0.717, 1.165) is 5.44 Å². The third kappa shape index (κ3) is 1.33. The van der Waals surface area contributed by atoms with Gasteiger partial charge in [0, 0.05) is 12.1 Å². The molecule has 2 heteroatoms. The second-order valence-electron chi connectivity index (χ2n) is 2.77. The highest BCUT2D eigenvalue weighted by Crippen LogP contribution is 2.21. The minimum Gasteiger partial charge on any atom is -0.257 e. The van der Waals surface area contributed by atoms with E-state index in [4.69, 9.17) is 0 Å². The second-order valence-corrected chi connectivity index (χ2v) is 3.32. The van der Waals surface area contributed by atoms with E-state index in [1.165, 1.54) is 5.56 Å². The molecule has 1 aromatic heterocycles. The Hall–Kier alpha value is -0.940. The predicted molar refractivity (Wildman–Crippen MR) is 54.6 cm³/mol. The molecular formula is C10H10NP. The Bertz CT molecular complexity index is 329. The fourth-order valence-corrected chi connectivity index (χ4v) is 1.73. The molecule has 1 aliphatic carbocycles. The Morgan fingerprint density at radius 3 is 2.67 bits per heavy atom. The highest BCUT2D eigenvalue weighted by Gasteiger charge is 2.09. The van der Waals surface area contributed by atoms with Crippen molar-refractivity contribution in [2.45, 2.75) is 5.92 Å². The lowest BCUT2D eigenvalue weighted by Crippen LogP contribution is -2.07. The summed E-state index contributed by atoms with van der Waals surface area (Å²) in [6.07, 6.45) is 10.3. The van der Waals surface area contributed by atoms with Gasteiger partial charge in [0.25, 0.3) is 0 Å². The van der Waals surface area contributed by atoms with Gasteiger partial charge < -0.3 is 0 Å². The smallest absolute Gasteiger partial charge is 0.0609 e. The summed E-state index contributed by atoms with van der Waals surface area (Å²) >= 11 is 0. The highest BCUT2D eigenvalue weighted by molar-refractivity contribution is 7.27. The zero-order valence-electron chi connectivity index (χ0n) is 6.64. The van der Waals surface area contributed by atoms with E-state index < -0.39 is 0 Å². The van der Waals surface area contributed by atoms with Gasteiger partial charge in [-0.1, -0.05) is 39.6 Å². The molecule has 0 aliphatic heterocycles. The van der Waals surface area contributed by atoms with E-state index in [9.17, 15) is 0 Å². The lowest BCUT2D eigenvalue weighted by Gasteiger charge is -2.07. The zero-order chi connectivity index (χ0) is 8.39. The van der Waals surface area contributed by atoms with Gasteiger partial charge in [-0.3, -0.25) is 4.98 Å². The Balaban J connectivity index is 2.39. The van der Waals surface area contributed by atoms with Crippen LogP contribution in [0.2, 0.25) is 0 Å². The van der Waals surface area contributed by atoms with Crippen LogP contribution in [0.25, 0.3) is 0 Å². The van der Waals surface area contributed by atoms with Crippen molar-refractivity contribution in [3.63, 3.8) is 0 Å². The molecule has 0 radical (unpaired) electrons. The number of allylic oxidation sites excluding steroid dienone is 4. The molecule has 0 fully saturated rings. The average molecular weight is 175 g/mol. The van der Waals surface area contributed by atoms with Gasteiger partial charge in [0.05, 0.1) is 5.44 Å². The monoisotopic (exact) mass is 175 g/mol. The molecule has 0 amide bonds. The van der Waals surface area contributed by atoms with Gasteiger partial charge in [-0.25, -0.2) is 0 Å². The Labute approximate surface area is 74.4 Å². The standard InChI is InChI=1S/C10H10NP/c12-10-9(6-3-7-11-10)8-4-1-2-5-8/h1-8H,12H2. The van der Waals surface area contributed by atoms with Crippen LogP contribution in [0.3, 0.4) is 0 Å². The van der Waals surface area contributed by atoms with Crippen LogP contribution in [0.5, 0.6) is 0 Å². The molecule has 2 rings (SSSR count). The summed E-state index contributed by atoms with van der Waals surface area (Å²) in [4.78, 5) is 4.22. The van der Waals surface area contributed by atoms with Crippen molar-refractivity contribution in [3.8, 4) is 0 Å². The molecule has 1 nitrogen and oxygen atoms in total. The Morgan fingerprint density at radius 1 is 1.25 bits per heavy atom. The van der Waals surface area contributed by atoms with Gasteiger partial charge >= 0.3 is 0 Å². The maximum absolute atomic E-state index is 4.22. The van der Waals surface area contributed by atoms with E-state index in [0.29, 0.717) is 5.92 Å². The molecule has 60 valence electrons. The van der Waals surface area contributed by atoms with Crippen LogP contribution >= 0.6 is 9.24 Å². The summed E-state index contributed by atoms with van der Waals surface area (Å²) in [5.74, 6) is 0.422. The molecule has 0 saturated heterocycles. The van der Waals surface area contributed by atoms with Gasteiger partial charge in [0.1, 0.15) is 0 Å². The van der Waals surface area contributed by atoms with Gasteiger partial charge in [-0.05, 0) is 11.6 Å². The molecule has 1 aromatic rings. The first-order valence-corrected chi connectivity index (χ1v) is 4.51. The molecule has 0 aromatic carbocycles. The van der Waals surface area contributed by atoms with Crippen LogP contribution in [0, 0.1) is 0 Å². The van der Waals surface area contributed by atoms with Crippen molar-refractivity contribution in [2.24, 2.45) is 0 Å². The summed E-state index contributed by atoms with van der Waals surface area (Å²) in [5.41, 5.74) is 2.31. The largest absolute Gasteiger partial charge is 0.257 e. The van der Waals surface area contributed by atoms with Gasteiger partial charge in [0.2, 0.25) is 0 Å². The minimum absolute atomic E-state index is 0.422. The van der Waals surface area contributed by atoms with E-state index >= 15 is 0 Å². The lowest BCUT2D eigenvalue weighted by molar-refractivity contribution is 1.10. The minimum atomic E-state index is 0.422. The Kier molecular flexibility index (Phi) is 2.05. The van der Waals surface area contributed by atoms with E-state index in [2.05, 4.69) is 44.6 Å². The fourth-order valence-electron chi connectivity index (χ4n) is 1.35. The number of pyridine rings is 1. The van der Waals surface area contributed by atoms with Gasteiger partial charge in [-0.2, -0.15) is 0 Å². The summed E-state index contributed by atoms with van der Waals surface area (Å²) in [6.45, 7) is 0. The number of nitrogens with zero attached hydrogens (tertiary/aromatic N) is 1. The first-order valence-electron chi connectivity index (χ1n) is 3.93. The third-order valence-electron chi connectivity index (χ3n) is 1.98. The molecule has 0 N–H and O–H groups in total. The Morgan fingerprint density at radius 2 is 2.00 bits per heavy atom.